The lowest BCUT2D eigenvalue weighted by Gasteiger charge is -2.13. The van der Waals surface area contributed by atoms with E-state index < -0.39 is 0 Å². The third kappa shape index (κ3) is 5.69. The highest BCUT2D eigenvalue weighted by atomic mass is 16.5. The fourth-order valence-corrected chi connectivity index (χ4v) is 1.27. The van der Waals surface area contributed by atoms with Gasteiger partial charge in [-0.25, -0.2) is 0 Å². The summed E-state index contributed by atoms with van der Waals surface area (Å²) >= 11 is 0. The van der Waals surface area contributed by atoms with Gasteiger partial charge in [0, 0.05) is 19.7 Å². The van der Waals surface area contributed by atoms with Crippen LogP contribution in [0.25, 0.3) is 0 Å². The maximum Gasteiger partial charge on any atom is 0.323 e. The van der Waals surface area contributed by atoms with Gasteiger partial charge in [-0.2, -0.15) is 15.0 Å². The van der Waals surface area contributed by atoms with Gasteiger partial charge in [0.05, 0.1) is 6.10 Å². The molecule has 0 amide bonds. The summed E-state index contributed by atoms with van der Waals surface area (Å²) in [5.74, 6) is 1.06. The minimum Gasteiger partial charge on any atom is -0.461 e. The number of hydrogen-bond acceptors (Lipinski definition) is 7. The molecule has 108 valence electrons. The van der Waals surface area contributed by atoms with E-state index in [1.807, 2.05) is 27.7 Å². The summed E-state index contributed by atoms with van der Waals surface area (Å²) in [6.07, 6.45) is 0.00101. The number of hydrogen-bond donors (Lipinski definition) is 3. The van der Waals surface area contributed by atoms with Crippen LogP contribution in [0.3, 0.4) is 0 Å². The van der Waals surface area contributed by atoms with Crippen molar-refractivity contribution in [3.8, 4) is 6.01 Å². The lowest BCUT2D eigenvalue weighted by atomic mass is 10.2. The Morgan fingerprint density at radius 2 is 1.74 bits per heavy atom. The third-order valence-electron chi connectivity index (χ3n) is 2.21. The van der Waals surface area contributed by atoms with Crippen molar-refractivity contribution in [2.75, 3.05) is 30.3 Å². The molecule has 0 aliphatic heterocycles. The monoisotopic (exact) mass is 269 g/mol. The lowest BCUT2D eigenvalue weighted by molar-refractivity contribution is 0.222. The number of nitrogens with one attached hydrogen (secondary N) is 2. The standard InChI is InChI=1S/C12H23N5O2/c1-5-13-10-15-11(14-6-9(4)7-18)17-12(16-10)19-8(2)3/h8-9,18H,5-7H2,1-4H3,(H2,13,14,15,16,17). The molecule has 0 saturated heterocycles. The highest BCUT2D eigenvalue weighted by Gasteiger charge is 2.09. The molecule has 1 unspecified atom stereocenters. The Morgan fingerprint density at radius 3 is 2.26 bits per heavy atom. The SMILES string of the molecule is CCNc1nc(NCC(C)CO)nc(OC(C)C)n1. The molecular weight excluding hydrogens is 246 g/mol. The van der Waals surface area contributed by atoms with Crippen molar-refractivity contribution < 1.29 is 9.84 Å². The van der Waals surface area contributed by atoms with Crippen molar-refractivity contribution in [1.29, 1.82) is 0 Å². The molecule has 7 heteroatoms. The zero-order valence-corrected chi connectivity index (χ0v) is 12.0. The van der Waals surface area contributed by atoms with Crippen LogP contribution in [0, 0.1) is 5.92 Å². The molecule has 7 nitrogen and oxygen atoms in total. The molecule has 0 aliphatic carbocycles. The lowest BCUT2D eigenvalue weighted by Crippen LogP contribution is -2.18. The number of aromatic nitrogens is 3. The zero-order chi connectivity index (χ0) is 14.3. The van der Waals surface area contributed by atoms with Gasteiger partial charge in [-0.3, -0.25) is 0 Å². The van der Waals surface area contributed by atoms with Crippen LogP contribution in [0.5, 0.6) is 6.01 Å². The van der Waals surface area contributed by atoms with Gasteiger partial charge in [0.25, 0.3) is 0 Å². The Hall–Kier alpha value is -1.63. The second-order valence-corrected chi connectivity index (χ2v) is 4.63. The van der Waals surface area contributed by atoms with Gasteiger partial charge in [0.1, 0.15) is 0 Å². The fraction of sp³-hybridized carbons (Fsp3) is 0.750. The van der Waals surface area contributed by atoms with Gasteiger partial charge in [-0.15, -0.1) is 0 Å². The fourth-order valence-electron chi connectivity index (χ4n) is 1.27. The van der Waals surface area contributed by atoms with Gasteiger partial charge in [0.15, 0.2) is 0 Å². The summed E-state index contributed by atoms with van der Waals surface area (Å²) in [4.78, 5) is 12.6. The van der Waals surface area contributed by atoms with Gasteiger partial charge in [-0.1, -0.05) is 6.92 Å². The second kappa shape index (κ2) is 7.73. The van der Waals surface area contributed by atoms with E-state index in [-0.39, 0.29) is 18.6 Å². The van der Waals surface area contributed by atoms with Crippen LogP contribution in [0.2, 0.25) is 0 Å². The van der Waals surface area contributed by atoms with E-state index in [1.54, 1.807) is 0 Å². The largest absolute Gasteiger partial charge is 0.461 e. The van der Waals surface area contributed by atoms with Gasteiger partial charge < -0.3 is 20.5 Å². The molecule has 1 atom stereocenters. The van der Waals surface area contributed by atoms with E-state index in [9.17, 15) is 0 Å². The van der Waals surface area contributed by atoms with E-state index in [1.165, 1.54) is 0 Å². The first-order valence-electron chi connectivity index (χ1n) is 6.56. The Bertz CT molecular complexity index is 386. The van der Waals surface area contributed by atoms with Crippen LogP contribution < -0.4 is 15.4 Å². The van der Waals surface area contributed by atoms with Crippen LogP contribution in [0.1, 0.15) is 27.7 Å². The van der Waals surface area contributed by atoms with Crippen LogP contribution in [0.15, 0.2) is 0 Å². The summed E-state index contributed by atoms with van der Waals surface area (Å²) in [6, 6.07) is 0.292. The molecule has 0 fully saturated rings. The molecule has 0 aromatic carbocycles. The molecule has 1 aromatic heterocycles. The first kappa shape index (κ1) is 15.4. The number of ether oxygens (including phenoxy) is 1. The summed E-state index contributed by atoms with van der Waals surface area (Å²) < 4.78 is 5.48. The van der Waals surface area contributed by atoms with Crippen molar-refractivity contribution in [2.45, 2.75) is 33.8 Å². The molecule has 0 aliphatic rings. The maximum absolute atomic E-state index is 8.99. The first-order chi connectivity index (χ1) is 9.05. The number of nitrogens with zero attached hydrogens (tertiary/aromatic N) is 3. The van der Waals surface area contributed by atoms with Crippen molar-refractivity contribution in [1.82, 2.24) is 15.0 Å². The van der Waals surface area contributed by atoms with Crippen LogP contribution in [0.4, 0.5) is 11.9 Å². The van der Waals surface area contributed by atoms with Gasteiger partial charge >= 0.3 is 6.01 Å². The van der Waals surface area contributed by atoms with Crippen molar-refractivity contribution >= 4 is 11.9 Å². The normalized spacial score (nSPS) is 12.3. The molecule has 0 radical (unpaired) electrons. The Labute approximate surface area is 113 Å². The number of anilines is 2. The highest BCUT2D eigenvalue weighted by molar-refractivity contribution is 5.35. The molecule has 0 saturated carbocycles. The zero-order valence-electron chi connectivity index (χ0n) is 12.0. The third-order valence-corrected chi connectivity index (χ3v) is 2.21. The van der Waals surface area contributed by atoms with Crippen LogP contribution >= 0.6 is 0 Å². The topological polar surface area (TPSA) is 92.2 Å². The average Bonchev–Trinajstić information content (AvgIpc) is 2.35. The molecule has 0 bridgehead atoms. The molecule has 3 N–H and O–H groups in total. The van der Waals surface area contributed by atoms with Crippen LogP contribution in [-0.2, 0) is 0 Å². The van der Waals surface area contributed by atoms with E-state index >= 15 is 0 Å². The summed E-state index contributed by atoms with van der Waals surface area (Å²) in [6.45, 7) is 9.16. The molecule has 1 aromatic rings. The molecule has 19 heavy (non-hydrogen) atoms. The van der Waals surface area contributed by atoms with Gasteiger partial charge in [0.2, 0.25) is 11.9 Å². The summed E-state index contributed by atoms with van der Waals surface area (Å²) in [7, 11) is 0. The predicted molar refractivity (Wildman–Crippen MR) is 74.5 cm³/mol. The van der Waals surface area contributed by atoms with Crippen molar-refractivity contribution in [2.24, 2.45) is 5.92 Å². The number of aliphatic hydroxyl groups excluding tert-OH is 1. The highest BCUT2D eigenvalue weighted by Crippen LogP contribution is 2.12. The summed E-state index contributed by atoms with van der Waals surface area (Å²) in [5, 5.41) is 15.1. The smallest absolute Gasteiger partial charge is 0.323 e. The van der Waals surface area contributed by atoms with Crippen LogP contribution in [-0.4, -0.2) is 45.9 Å². The number of rotatable bonds is 8. The predicted octanol–water partition coefficient (Wildman–Crippen LogP) is 1.13. The summed E-state index contributed by atoms with van der Waals surface area (Å²) in [5.41, 5.74) is 0. The van der Waals surface area contributed by atoms with E-state index in [0.717, 1.165) is 6.54 Å². The average molecular weight is 269 g/mol. The Balaban J connectivity index is 2.79. The molecular formula is C12H23N5O2. The Morgan fingerprint density at radius 1 is 1.11 bits per heavy atom. The van der Waals surface area contributed by atoms with E-state index in [4.69, 9.17) is 9.84 Å². The minimum absolute atomic E-state index is 0.00101. The maximum atomic E-state index is 8.99. The molecule has 1 heterocycles. The molecule has 1 rings (SSSR count). The Kier molecular flexibility index (Phi) is 6.27. The second-order valence-electron chi connectivity index (χ2n) is 4.63. The van der Waals surface area contributed by atoms with Crippen molar-refractivity contribution in [3.05, 3.63) is 0 Å². The first-order valence-corrected chi connectivity index (χ1v) is 6.56. The van der Waals surface area contributed by atoms with E-state index in [0.29, 0.717) is 24.5 Å². The minimum atomic E-state index is 0.00101. The number of aliphatic hydroxyl groups is 1. The molecule has 0 spiro atoms. The van der Waals surface area contributed by atoms with Gasteiger partial charge in [-0.05, 0) is 26.7 Å². The van der Waals surface area contributed by atoms with E-state index in [2.05, 4.69) is 25.6 Å². The van der Waals surface area contributed by atoms with Crippen molar-refractivity contribution in [3.63, 3.8) is 0 Å². The quantitative estimate of drug-likeness (QED) is 0.651.